The zero-order chi connectivity index (χ0) is 12.3. The van der Waals surface area contributed by atoms with Crippen molar-refractivity contribution in [1.29, 1.82) is 0 Å². The van der Waals surface area contributed by atoms with E-state index in [0.717, 1.165) is 51.4 Å². The Balaban J connectivity index is 1.69. The van der Waals surface area contributed by atoms with Crippen molar-refractivity contribution < 1.29 is 14.6 Å². The van der Waals surface area contributed by atoms with Gasteiger partial charge < -0.3 is 15.6 Å². The van der Waals surface area contributed by atoms with Gasteiger partial charge in [0.05, 0.1) is 18.1 Å². The Morgan fingerprint density at radius 2 is 1.41 bits per heavy atom. The summed E-state index contributed by atoms with van der Waals surface area (Å²) in [6.07, 6.45) is 8.26. The van der Waals surface area contributed by atoms with Crippen LogP contribution in [0.1, 0.15) is 51.4 Å². The molecule has 0 aromatic carbocycles. The third-order valence-corrected chi connectivity index (χ3v) is 4.13. The first-order chi connectivity index (χ1) is 8.15. The quantitative estimate of drug-likeness (QED) is 0.791. The summed E-state index contributed by atoms with van der Waals surface area (Å²) < 4.78 is 6.06. The van der Waals surface area contributed by atoms with Crippen molar-refractivity contribution in [3.63, 3.8) is 0 Å². The lowest BCUT2D eigenvalue weighted by Gasteiger charge is -2.33. The Labute approximate surface area is 103 Å². The van der Waals surface area contributed by atoms with Crippen LogP contribution < -0.4 is 5.73 Å². The van der Waals surface area contributed by atoms with Crippen molar-refractivity contribution in [2.45, 2.75) is 69.6 Å². The van der Waals surface area contributed by atoms with Crippen LogP contribution in [-0.2, 0) is 9.53 Å². The molecule has 0 atom stereocenters. The Kier molecular flexibility index (Phi) is 4.40. The van der Waals surface area contributed by atoms with Gasteiger partial charge in [0, 0.05) is 6.04 Å². The predicted molar refractivity (Wildman–Crippen MR) is 64.7 cm³/mol. The van der Waals surface area contributed by atoms with Crippen molar-refractivity contribution >= 4 is 5.97 Å². The normalized spacial score (nSPS) is 38.9. The van der Waals surface area contributed by atoms with Crippen LogP contribution in [0.25, 0.3) is 0 Å². The fourth-order valence-corrected chi connectivity index (χ4v) is 2.94. The molecule has 0 amide bonds. The van der Waals surface area contributed by atoms with Gasteiger partial charge in [-0.3, -0.25) is 4.79 Å². The molecule has 4 nitrogen and oxygen atoms in total. The first-order valence-corrected chi connectivity index (χ1v) is 6.79. The van der Waals surface area contributed by atoms with E-state index in [-0.39, 0.29) is 12.0 Å². The molecule has 2 aliphatic rings. The van der Waals surface area contributed by atoms with Crippen LogP contribution >= 0.6 is 0 Å². The molecule has 4 heteroatoms. The van der Waals surface area contributed by atoms with Gasteiger partial charge in [-0.15, -0.1) is 0 Å². The van der Waals surface area contributed by atoms with Crippen molar-refractivity contribution in [3.8, 4) is 0 Å². The van der Waals surface area contributed by atoms with E-state index in [1.54, 1.807) is 0 Å². The molecule has 3 N–H and O–H groups in total. The molecule has 0 saturated heterocycles. The molecule has 2 fully saturated rings. The molecule has 0 unspecified atom stereocenters. The monoisotopic (exact) mass is 241 g/mol. The summed E-state index contributed by atoms with van der Waals surface area (Å²) in [5.74, 6) is -0.790. The number of ether oxygens (including phenoxy) is 1. The summed E-state index contributed by atoms with van der Waals surface area (Å²) >= 11 is 0. The molecule has 0 bridgehead atoms. The average molecular weight is 241 g/mol. The van der Waals surface area contributed by atoms with Crippen LogP contribution in [0, 0.1) is 5.92 Å². The van der Waals surface area contributed by atoms with E-state index in [1.165, 1.54) is 0 Å². The molecule has 0 spiro atoms. The summed E-state index contributed by atoms with van der Waals surface area (Å²) in [7, 11) is 0. The molecule has 0 radical (unpaired) electrons. The van der Waals surface area contributed by atoms with Gasteiger partial charge in [0.25, 0.3) is 0 Å². The van der Waals surface area contributed by atoms with Gasteiger partial charge >= 0.3 is 5.97 Å². The first kappa shape index (κ1) is 12.8. The van der Waals surface area contributed by atoms with Gasteiger partial charge in [0.1, 0.15) is 0 Å². The van der Waals surface area contributed by atoms with Gasteiger partial charge in [-0.05, 0) is 51.4 Å². The van der Waals surface area contributed by atoms with Gasteiger partial charge in [0.2, 0.25) is 0 Å². The van der Waals surface area contributed by atoms with Gasteiger partial charge in [0.15, 0.2) is 0 Å². The van der Waals surface area contributed by atoms with Crippen molar-refractivity contribution in [3.05, 3.63) is 0 Å². The van der Waals surface area contributed by atoms with Crippen molar-refractivity contribution in [2.75, 3.05) is 0 Å². The first-order valence-electron chi connectivity index (χ1n) is 6.79. The highest BCUT2D eigenvalue weighted by Crippen LogP contribution is 2.29. The second kappa shape index (κ2) is 5.83. The molecule has 0 heterocycles. The van der Waals surface area contributed by atoms with E-state index in [1.807, 2.05) is 0 Å². The van der Waals surface area contributed by atoms with Crippen molar-refractivity contribution in [2.24, 2.45) is 11.7 Å². The largest absolute Gasteiger partial charge is 0.481 e. The molecule has 0 aliphatic heterocycles. The van der Waals surface area contributed by atoms with Gasteiger partial charge in [-0.25, -0.2) is 0 Å². The Bertz CT molecular complexity index is 253. The topological polar surface area (TPSA) is 72.5 Å². The van der Waals surface area contributed by atoms with Gasteiger partial charge in [-0.1, -0.05) is 0 Å². The smallest absolute Gasteiger partial charge is 0.306 e. The predicted octanol–water partition coefficient (Wildman–Crippen LogP) is 1.92. The highest BCUT2D eigenvalue weighted by atomic mass is 16.5. The second-order valence-corrected chi connectivity index (χ2v) is 5.48. The van der Waals surface area contributed by atoms with Crippen LogP contribution in [0.2, 0.25) is 0 Å². The fourth-order valence-electron chi connectivity index (χ4n) is 2.94. The number of nitrogens with two attached hydrogens (primary N) is 1. The van der Waals surface area contributed by atoms with Crippen LogP contribution in [0.3, 0.4) is 0 Å². The van der Waals surface area contributed by atoms with Crippen LogP contribution in [-0.4, -0.2) is 29.3 Å². The SMILES string of the molecule is NC1CCC(OC2CCC(C(=O)O)CC2)CC1. The van der Waals surface area contributed by atoms with Crippen molar-refractivity contribution in [1.82, 2.24) is 0 Å². The van der Waals surface area contributed by atoms with Crippen LogP contribution in [0.15, 0.2) is 0 Å². The number of rotatable bonds is 3. The third kappa shape index (κ3) is 3.68. The van der Waals surface area contributed by atoms with E-state index >= 15 is 0 Å². The molecule has 2 aliphatic carbocycles. The number of hydrogen-bond donors (Lipinski definition) is 2. The number of aliphatic carboxylic acids is 1. The van der Waals surface area contributed by atoms with E-state index < -0.39 is 5.97 Å². The molecular weight excluding hydrogens is 218 g/mol. The number of carbonyl (C=O) groups is 1. The molecule has 0 aromatic rings. The molecule has 98 valence electrons. The van der Waals surface area contributed by atoms with Gasteiger partial charge in [-0.2, -0.15) is 0 Å². The highest BCUT2D eigenvalue weighted by Gasteiger charge is 2.29. The lowest BCUT2D eigenvalue weighted by molar-refractivity contribution is -0.144. The zero-order valence-corrected chi connectivity index (χ0v) is 10.3. The lowest BCUT2D eigenvalue weighted by Crippen LogP contribution is -2.34. The van der Waals surface area contributed by atoms with E-state index in [4.69, 9.17) is 15.6 Å². The maximum Gasteiger partial charge on any atom is 0.306 e. The minimum absolute atomic E-state index is 0.144. The van der Waals surface area contributed by atoms with Crippen LogP contribution in [0.5, 0.6) is 0 Å². The van der Waals surface area contributed by atoms with E-state index in [2.05, 4.69) is 0 Å². The minimum atomic E-state index is -0.646. The Morgan fingerprint density at radius 3 is 1.88 bits per heavy atom. The molecule has 2 saturated carbocycles. The summed E-state index contributed by atoms with van der Waals surface area (Å²) in [5.41, 5.74) is 5.86. The lowest BCUT2D eigenvalue weighted by atomic mass is 9.87. The minimum Gasteiger partial charge on any atom is -0.481 e. The highest BCUT2D eigenvalue weighted by molar-refractivity contribution is 5.70. The number of hydrogen-bond acceptors (Lipinski definition) is 3. The number of carboxylic acid groups (broad SMARTS) is 1. The fraction of sp³-hybridized carbons (Fsp3) is 0.923. The average Bonchev–Trinajstić information content (AvgIpc) is 2.33. The Hall–Kier alpha value is -0.610. The molecule has 0 aromatic heterocycles. The summed E-state index contributed by atoms with van der Waals surface area (Å²) in [6.45, 7) is 0. The Morgan fingerprint density at radius 1 is 0.941 bits per heavy atom. The third-order valence-electron chi connectivity index (χ3n) is 4.13. The summed E-state index contributed by atoms with van der Waals surface area (Å²) in [4.78, 5) is 10.8. The second-order valence-electron chi connectivity index (χ2n) is 5.48. The van der Waals surface area contributed by atoms with E-state index in [0.29, 0.717) is 12.1 Å². The van der Waals surface area contributed by atoms with E-state index in [9.17, 15) is 4.79 Å². The van der Waals surface area contributed by atoms with Crippen LogP contribution in [0.4, 0.5) is 0 Å². The summed E-state index contributed by atoms with van der Waals surface area (Å²) in [6, 6.07) is 0.359. The maximum absolute atomic E-state index is 10.8. The standard InChI is InChI=1S/C13H23NO3/c14-10-3-7-12(8-4-10)17-11-5-1-9(2-6-11)13(15)16/h9-12H,1-8,14H2,(H,15,16). The summed E-state index contributed by atoms with van der Waals surface area (Å²) in [5, 5.41) is 8.92. The molecular formula is C13H23NO3. The molecule has 17 heavy (non-hydrogen) atoms. The number of carboxylic acids is 1. The zero-order valence-electron chi connectivity index (χ0n) is 10.3. The molecule has 2 rings (SSSR count). The maximum atomic E-state index is 10.8.